The van der Waals surface area contributed by atoms with E-state index in [9.17, 15) is 14.7 Å². The zero-order chi connectivity index (χ0) is 15.4. The number of phenolic OH excluding ortho intramolecular Hbond substituents is 1. The average Bonchev–Trinajstić information content (AvgIpc) is 2.49. The first kappa shape index (κ1) is 14.6. The van der Waals surface area contributed by atoms with E-state index in [0.29, 0.717) is 12.0 Å². The highest BCUT2D eigenvalue weighted by atomic mass is 16.6. The van der Waals surface area contributed by atoms with Crippen LogP contribution in [0.15, 0.2) is 42.5 Å². The normalized spacial score (nSPS) is 10.1. The first-order chi connectivity index (χ1) is 10.0. The zero-order valence-electron chi connectivity index (χ0n) is 11.5. The van der Waals surface area contributed by atoms with Gasteiger partial charge in [-0.15, -0.1) is 0 Å². The number of carbonyl (C=O) groups excluding carboxylic acids is 2. The molecule has 0 aliphatic carbocycles. The van der Waals surface area contributed by atoms with Gasteiger partial charge in [0.2, 0.25) is 0 Å². The van der Waals surface area contributed by atoms with Gasteiger partial charge in [-0.3, -0.25) is 0 Å². The summed E-state index contributed by atoms with van der Waals surface area (Å²) in [4.78, 5) is 24.0. The smallest absolute Gasteiger partial charge is 0.349 e. The number of nitrogens with two attached hydrogens (primary N) is 1. The summed E-state index contributed by atoms with van der Waals surface area (Å²) in [6.07, 6.45) is 0.642. The minimum absolute atomic E-state index is 0.0471. The van der Waals surface area contributed by atoms with Gasteiger partial charge in [-0.25, -0.2) is 9.59 Å². The third-order valence-electron chi connectivity index (χ3n) is 3.09. The van der Waals surface area contributed by atoms with Gasteiger partial charge in [-0.2, -0.15) is 0 Å². The third kappa shape index (κ3) is 3.02. The maximum atomic E-state index is 12.0. The van der Waals surface area contributed by atoms with Crippen molar-refractivity contribution in [2.24, 2.45) is 0 Å². The number of anilines is 1. The third-order valence-corrected chi connectivity index (χ3v) is 3.09. The molecular weight excluding hydrogens is 270 g/mol. The predicted octanol–water partition coefficient (Wildman–Crippen LogP) is 2.53. The summed E-state index contributed by atoms with van der Waals surface area (Å²) in [5.41, 5.74) is 6.52. The summed E-state index contributed by atoms with van der Waals surface area (Å²) in [6.45, 7) is 1.90. The first-order valence-corrected chi connectivity index (χ1v) is 6.46. The molecule has 0 saturated carbocycles. The summed E-state index contributed by atoms with van der Waals surface area (Å²) in [5.74, 6) is -2.07. The molecule has 0 aliphatic heterocycles. The number of para-hydroxylation sites is 1. The maximum absolute atomic E-state index is 12.0. The van der Waals surface area contributed by atoms with Crippen molar-refractivity contribution in [2.45, 2.75) is 13.3 Å². The van der Waals surface area contributed by atoms with Crippen molar-refractivity contribution in [2.75, 3.05) is 5.73 Å². The van der Waals surface area contributed by atoms with Crippen LogP contribution in [0.4, 0.5) is 5.69 Å². The SMILES string of the molecule is CCc1ccccc1C(=O)OC(=O)c1cccc(N)c1O. The number of ether oxygens (including phenoxy) is 1. The lowest BCUT2D eigenvalue weighted by Crippen LogP contribution is -2.14. The fourth-order valence-electron chi connectivity index (χ4n) is 1.95. The lowest BCUT2D eigenvalue weighted by Gasteiger charge is -2.08. The molecule has 2 aromatic rings. The van der Waals surface area contributed by atoms with Crippen molar-refractivity contribution in [1.82, 2.24) is 0 Å². The van der Waals surface area contributed by atoms with Gasteiger partial charge in [-0.1, -0.05) is 31.2 Å². The molecule has 5 nitrogen and oxygen atoms in total. The Balaban J connectivity index is 2.23. The molecule has 0 radical (unpaired) electrons. The minimum Gasteiger partial charge on any atom is -0.505 e. The van der Waals surface area contributed by atoms with Gasteiger partial charge in [0.25, 0.3) is 0 Å². The van der Waals surface area contributed by atoms with Crippen LogP contribution in [0.5, 0.6) is 5.75 Å². The van der Waals surface area contributed by atoms with Crippen molar-refractivity contribution < 1.29 is 19.4 Å². The Hall–Kier alpha value is -2.82. The molecule has 3 N–H and O–H groups in total. The summed E-state index contributed by atoms with van der Waals surface area (Å²) in [6, 6.07) is 11.2. The molecular formula is C16H15NO4. The first-order valence-electron chi connectivity index (χ1n) is 6.46. The number of nitrogen functional groups attached to an aromatic ring is 1. The highest BCUT2D eigenvalue weighted by Gasteiger charge is 2.20. The number of aryl methyl sites for hydroxylation is 1. The second kappa shape index (κ2) is 6.09. The van der Waals surface area contributed by atoms with Crippen LogP contribution in [0.3, 0.4) is 0 Å². The van der Waals surface area contributed by atoms with E-state index >= 15 is 0 Å². The second-order valence-electron chi connectivity index (χ2n) is 4.43. The maximum Gasteiger partial charge on any atom is 0.349 e. The highest BCUT2D eigenvalue weighted by Crippen LogP contribution is 2.25. The van der Waals surface area contributed by atoms with Crippen molar-refractivity contribution in [3.63, 3.8) is 0 Å². The molecule has 21 heavy (non-hydrogen) atoms. The van der Waals surface area contributed by atoms with E-state index in [1.807, 2.05) is 6.92 Å². The fourth-order valence-corrected chi connectivity index (χ4v) is 1.95. The van der Waals surface area contributed by atoms with Crippen molar-refractivity contribution in [3.05, 3.63) is 59.2 Å². The van der Waals surface area contributed by atoms with Crippen LogP contribution in [-0.2, 0) is 11.2 Å². The van der Waals surface area contributed by atoms with Crippen LogP contribution in [0.25, 0.3) is 0 Å². The molecule has 0 fully saturated rings. The van der Waals surface area contributed by atoms with Gasteiger partial charge in [0.15, 0.2) is 5.75 Å². The van der Waals surface area contributed by atoms with Gasteiger partial charge in [-0.05, 0) is 30.2 Å². The topological polar surface area (TPSA) is 89.6 Å². The number of rotatable bonds is 3. The molecule has 0 saturated heterocycles. The minimum atomic E-state index is -0.935. The van der Waals surface area contributed by atoms with Gasteiger partial charge >= 0.3 is 11.9 Å². The number of phenols is 1. The molecule has 0 bridgehead atoms. The van der Waals surface area contributed by atoms with E-state index in [2.05, 4.69) is 0 Å². The van der Waals surface area contributed by atoms with E-state index in [4.69, 9.17) is 10.5 Å². The Kier molecular flexibility index (Phi) is 4.23. The summed E-state index contributed by atoms with van der Waals surface area (Å²) >= 11 is 0. The summed E-state index contributed by atoms with van der Waals surface area (Å²) in [5, 5.41) is 9.72. The monoisotopic (exact) mass is 285 g/mol. The van der Waals surface area contributed by atoms with Crippen LogP contribution in [-0.4, -0.2) is 17.0 Å². The zero-order valence-corrected chi connectivity index (χ0v) is 11.5. The Morgan fingerprint density at radius 2 is 1.67 bits per heavy atom. The molecule has 0 heterocycles. The number of carbonyl (C=O) groups is 2. The Bertz CT molecular complexity index is 694. The fraction of sp³-hybridized carbons (Fsp3) is 0.125. The predicted molar refractivity (Wildman–Crippen MR) is 78.1 cm³/mol. The summed E-state index contributed by atoms with van der Waals surface area (Å²) < 4.78 is 4.81. The second-order valence-corrected chi connectivity index (χ2v) is 4.43. The van der Waals surface area contributed by atoms with Crippen molar-refractivity contribution >= 4 is 17.6 Å². The standard InChI is InChI=1S/C16H15NO4/c1-2-10-6-3-4-7-11(10)15(19)21-16(20)12-8-5-9-13(17)14(12)18/h3-9,18H,2,17H2,1H3. The quantitative estimate of drug-likeness (QED) is 0.391. The molecule has 0 aliphatic rings. The average molecular weight is 285 g/mol. The molecule has 2 rings (SSSR count). The number of esters is 2. The highest BCUT2D eigenvalue weighted by molar-refractivity contribution is 6.05. The van der Waals surface area contributed by atoms with Crippen molar-refractivity contribution in [1.29, 1.82) is 0 Å². The Labute approximate surface area is 122 Å². The van der Waals surface area contributed by atoms with Gasteiger partial charge < -0.3 is 15.6 Å². The van der Waals surface area contributed by atoms with E-state index in [0.717, 1.165) is 5.56 Å². The van der Waals surface area contributed by atoms with Crippen LogP contribution < -0.4 is 5.73 Å². The Morgan fingerprint density at radius 3 is 2.38 bits per heavy atom. The van der Waals surface area contributed by atoms with E-state index in [-0.39, 0.29) is 17.0 Å². The molecule has 0 unspecified atom stereocenters. The number of aromatic hydroxyl groups is 1. The molecule has 0 atom stereocenters. The van der Waals surface area contributed by atoms with Crippen LogP contribution in [0, 0.1) is 0 Å². The van der Waals surface area contributed by atoms with E-state index < -0.39 is 11.9 Å². The van der Waals surface area contributed by atoms with Gasteiger partial charge in [0, 0.05) is 0 Å². The van der Waals surface area contributed by atoms with Crippen LogP contribution >= 0.6 is 0 Å². The molecule has 0 spiro atoms. The molecule has 0 amide bonds. The summed E-state index contributed by atoms with van der Waals surface area (Å²) in [7, 11) is 0. The van der Waals surface area contributed by atoms with Crippen LogP contribution in [0.1, 0.15) is 33.2 Å². The van der Waals surface area contributed by atoms with Gasteiger partial charge in [0.1, 0.15) is 5.56 Å². The molecule has 2 aromatic carbocycles. The molecule has 5 heteroatoms. The molecule has 0 aromatic heterocycles. The lowest BCUT2D eigenvalue weighted by atomic mass is 10.1. The number of hydrogen-bond donors (Lipinski definition) is 2. The number of benzene rings is 2. The van der Waals surface area contributed by atoms with E-state index in [1.54, 1.807) is 24.3 Å². The number of hydrogen-bond acceptors (Lipinski definition) is 5. The van der Waals surface area contributed by atoms with Gasteiger partial charge in [0.05, 0.1) is 11.3 Å². The Morgan fingerprint density at radius 1 is 1.05 bits per heavy atom. The van der Waals surface area contributed by atoms with Crippen LogP contribution in [0.2, 0.25) is 0 Å². The van der Waals surface area contributed by atoms with E-state index in [1.165, 1.54) is 18.2 Å². The largest absolute Gasteiger partial charge is 0.505 e. The lowest BCUT2D eigenvalue weighted by molar-refractivity contribution is 0.0395. The van der Waals surface area contributed by atoms with Crippen molar-refractivity contribution in [3.8, 4) is 5.75 Å². The molecule has 108 valence electrons.